The lowest BCUT2D eigenvalue weighted by Gasteiger charge is -2.42. The Morgan fingerprint density at radius 2 is 1.94 bits per heavy atom. The molecule has 0 aliphatic carbocycles. The number of aliphatic carboxylic acids is 1. The fraction of sp³-hybridized carbons (Fsp3) is 0.923. The normalized spacial score (nSPS) is 27.1. The number of rotatable bonds is 5. The number of hydrogen-bond donors (Lipinski definition) is 1. The van der Waals surface area contributed by atoms with Gasteiger partial charge < -0.3 is 10.0 Å². The van der Waals surface area contributed by atoms with E-state index in [4.69, 9.17) is 0 Å². The largest absolute Gasteiger partial charge is 0.481 e. The highest BCUT2D eigenvalue weighted by molar-refractivity contribution is 5.68. The third kappa shape index (κ3) is 3.68. The van der Waals surface area contributed by atoms with Crippen molar-refractivity contribution >= 4 is 5.97 Å². The van der Waals surface area contributed by atoms with E-state index in [1.165, 1.54) is 0 Å². The van der Waals surface area contributed by atoms with Gasteiger partial charge in [0.15, 0.2) is 0 Å². The van der Waals surface area contributed by atoms with Crippen LogP contribution in [0.4, 0.5) is 0 Å². The van der Waals surface area contributed by atoms with E-state index in [1.807, 2.05) is 0 Å². The molecule has 4 nitrogen and oxygen atoms in total. The van der Waals surface area contributed by atoms with Crippen LogP contribution in [-0.2, 0) is 4.79 Å². The minimum Gasteiger partial charge on any atom is -0.481 e. The Morgan fingerprint density at radius 1 is 1.29 bits per heavy atom. The molecule has 0 bridgehead atoms. The van der Waals surface area contributed by atoms with Gasteiger partial charge in [-0.1, -0.05) is 13.8 Å². The van der Waals surface area contributed by atoms with Gasteiger partial charge in [0.25, 0.3) is 0 Å². The maximum absolute atomic E-state index is 11.2. The summed E-state index contributed by atoms with van der Waals surface area (Å²) in [5.41, 5.74) is -0.125. The molecule has 0 amide bonds. The summed E-state index contributed by atoms with van der Waals surface area (Å²) in [6.07, 6.45) is 3.35. The lowest BCUT2D eigenvalue weighted by Crippen LogP contribution is -2.50. The molecule has 0 spiro atoms. The zero-order valence-corrected chi connectivity index (χ0v) is 11.4. The number of carboxylic acid groups (broad SMARTS) is 1. The average molecular weight is 242 g/mol. The zero-order valence-electron chi connectivity index (χ0n) is 11.4. The van der Waals surface area contributed by atoms with Crippen molar-refractivity contribution in [3.05, 3.63) is 0 Å². The molecule has 0 saturated carbocycles. The van der Waals surface area contributed by atoms with Crippen LogP contribution in [0, 0.1) is 0 Å². The molecule has 1 N–H and O–H groups in total. The summed E-state index contributed by atoms with van der Waals surface area (Å²) in [6, 6.07) is 0. The molecule has 4 heteroatoms. The number of likely N-dealkylation sites (tertiary alicyclic amines) is 1. The Bertz CT molecular complexity index is 254. The summed E-state index contributed by atoms with van der Waals surface area (Å²) < 4.78 is 0. The second-order valence-corrected chi connectivity index (χ2v) is 5.12. The minimum absolute atomic E-state index is 0.125. The highest BCUT2D eigenvalue weighted by atomic mass is 16.4. The Balaban J connectivity index is 2.86. The molecule has 17 heavy (non-hydrogen) atoms. The van der Waals surface area contributed by atoms with Crippen LogP contribution in [0.5, 0.6) is 0 Å². The first-order chi connectivity index (χ1) is 8.04. The van der Waals surface area contributed by atoms with Gasteiger partial charge in [-0.25, -0.2) is 0 Å². The number of nitrogens with zero attached hydrogens (tertiary/aromatic N) is 2. The molecule has 1 unspecified atom stereocenters. The van der Waals surface area contributed by atoms with Gasteiger partial charge in [0, 0.05) is 5.54 Å². The maximum Gasteiger partial charge on any atom is 0.305 e. The predicted octanol–water partition coefficient (Wildman–Crippen LogP) is 1.66. The fourth-order valence-corrected chi connectivity index (χ4v) is 3.09. The standard InChI is InChI=1S/C13H26N2O2/c1-4-15(5-2)13(11-12(16)17)7-6-9-14(3)10-8-13/h4-11H2,1-3H3,(H,16,17). The van der Waals surface area contributed by atoms with Crippen molar-refractivity contribution in [2.45, 2.75) is 45.1 Å². The maximum atomic E-state index is 11.2. The van der Waals surface area contributed by atoms with E-state index in [9.17, 15) is 9.90 Å². The van der Waals surface area contributed by atoms with Crippen LogP contribution in [-0.4, -0.2) is 59.6 Å². The Labute approximate surface area is 105 Å². The molecule has 0 aromatic carbocycles. The van der Waals surface area contributed by atoms with Crippen LogP contribution in [0.3, 0.4) is 0 Å². The molecule has 1 heterocycles. The molecule has 1 rings (SSSR count). The van der Waals surface area contributed by atoms with Crippen molar-refractivity contribution in [1.29, 1.82) is 0 Å². The van der Waals surface area contributed by atoms with E-state index < -0.39 is 5.97 Å². The van der Waals surface area contributed by atoms with E-state index in [0.29, 0.717) is 0 Å². The lowest BCUT2D eigenvalue weighted by molar-refractivity contribution is -0.140. The van der Waals surface area contributed by atoms with Crippen molar-refractivity contribution in [2.24, 2.45) is 0 Å². The molecule has 1 aliphatic heterocycles. The first-order valence-electron chi connectivity index (χ1n) is 6.69. The van der Waals surface area contributed by atoms with Gasteiger partial charge in [-0.15, -0.1) is 0 Å². The van der Waals surface area contributed by atoms with Crippen LogP contribution in [0.15, 0.2) is 0 Å². The monoisotopic (exact) mass is 242 g/mol. The lowest BCUT2D eigenvalue weighted by atomic mass is 9.85. The van der Waals surface area contributed by atoms with Crippen molar-refractivity contribution in [1.82, 2.24) is 9.80 Å². The van der Waals surface area contributed by atoms with Gasteiger partial charge in [0.05, 0.1) is 6.42 Å². The number of hydrogen-bond acceptors (Lipinski definition) is 3. The number of carbonyl (C=O) groups is 1. The van der Waals surface area contributed by atoms with Crippen LogP contribution in [0.1, 0.15) is 39.5 Å². The summed E-state index contributed by atoms with van der Waals surface area (Å²) in [6.45, 7) is 8.22. The van der Waals surface area contributed by atoms with Gasteiger partial charge in [0.1, 0.15) is 0 Å². The Morgan fingerprint density at radius 3 is 2.47 bits per heavy atom. The predicted molar refractivity (Wildman–Crippen MR) is 69.3 cm³/mol. The van der Waals surface area contributed by atoms with Gasteiger partial charge >= 0.3 is 5.97 Å². The average Bonchev–Trinajstić information content (AvgIpc) is 2.43. The number of carboxylic acids is 1. The molecule has 1 fully saturated rings. The van der Waals surface area contributed by atoms with Crippen LogP contribution in [0.2, 0.25) is 0 Å². The molecule has 1 aliphatic rings. The van der Waals surface area contributed by atoms with E-state index in [2.05, 4.69) is 30.7 Å². The van der Waals surface area contributed by atoms with Crippen LogP contribution in [0.25, 0.3) is 0 Å². The van der Waals surface area contributed by atoms with Crippen molar-refractivity contribution < 1.29 is 9.90 Å². The van der Waals surface area contributed by atoms with Crippen LogP contribution >= 0.6 is 0 Å². The third-order valence-electron chi connectivity index (χ3n) is 4.06. The van der Waals surface area contributed by atoms with Gasteiger partial charge in [-0.05, 0) is 52.5 Å². The molecule has 1 atom stereocenters. The summed E-state index contributed by atoms with van der Waals surface area (Å²) in [5.74, 6) is -0.665. The van der Waals surface area contributed by atoms with Gasteiger partial charge in [0.2, 0.25) is 0 Å². The van der Waals surface area contributed by atoms with Gasteiger partial charge in [-0.2, -0.15) is 0 Å². The molecular formula is C13H26N2O2. The molecule has 0 aromatic rings. The van der Waals surface area contributed by atoms with Crippen molar-refractivity contribution in [3.8, 4) is 0 Å². The van der Waals surface area contributed by atoms with Crippen LogP contribution < -0.4 is 0 Å². The summed E-state index contributed by atoms with van der Waals surface area (Å²) in [7, 11) is 2.12. The first-order valence-corrected chi connectivity index (χ1v) is 6.69. The topological polar surface area (TPSA) is 43.8 Å². The molecule has 1 saturated heterocycles. The third-order valence-corrected chi connectivity index (χ3v) is 4.06. The molecule has 0 aromatic heterocycles. The van der Waals surface area contributed by atoms with E-state index in [1.54, 1.807) is 0 Å². The minimum atomic E-state index is -0.665. The quantitative estimate of drug-likeness (QED) is 0.796. The summed E-state index contributed by atoms with van der Waals surface area (Å²) in [5, 5.41) is 9.19. The van der Waals surface area contributed by atoms with E-state index in [-0.39, 0.29) is 12.0 Å². The molecular weight excluding hydrogens is 216 g/mol. The Hall–Kier alpha value is -0.610. The Kier molecular flexibility index (Phi) is 5.40. The highest BCUT2D eigenvalue weighted by Gasteiger charge is 2.38. The summed E-state index contributed by atoms with van der Waals surface area (Å²) in [4.78, 5) is 15.8. The van der Waals surface area contributed by atoms with E-state index in [0.717, 1.165) is 45.4 Å². The van der Waals surface area contributed by atoms with Crippen molar-refractivity contribution in [2.75, 3.05) is 33.2 Å². The fourth-order valence-electron chi connectivity index (χ4n) is 3.09. The SMILES string of the molecule is CCN(CC)C1(CC(=O)O)CCCN(C)CC1. The second-order valence-electron chi connectivity index (χ2n) is 5.12. The molecule has 0 radical (unpaired) electrons. The second kappa shape index (κ2) is 6.36. The smallest absolute Gasteiger partial charge is 0.305 e. The highest BCUT2D eigenvalue weighted by Crippen LogP contribution is 2.32. The summed E-state index contributed by atoms with van der Waals surface area (Å²) >= 11 is 0. The first kappa shape index (κ1) is 14.5. The van der Waals surface area contributed by atoms with E-state index >= 15 is 0 Å². The van der Waals surface area contributed by atoms with Gasteiger partial charge in [-0.3, -0.25) is 9.69 Å². The molecule has 100 valence electrons. The zero-order chi connectivity index (χ0) is 12.9. The van der Waals surface area contributed by atoms with Crippen molar-refractivity contribution in [3.63, 3.8) is 0 Å².